The van der Waals surface area contributed by atoms with Gasteiger partial charge in [-0.25, -0.2) is 8.78 Å². The molecule has 0 atom stereocenters. The van der Waals surface area contributed by atoms with E-state index in [1.807, 2.05) is 0 Å². The zero-order chi connectivity index (χ0) is 11.9. The highest BCUT2D eigenvalue weighted by atomic mass is 19.1. The number of carbonyl (C=O) groups is 1. The Morgan fingerprint density at radius 1 is 1.31 bits per heavy atom. The molecule has 2 rings (SSSR count). The van der Waals surface area contributed by atoms with E-state index >= 15 is 0 Å². The maximum atomic E-state index is 13.5. The smallest absolute Gasteiger partial charge is 0.304 e. The minimum atomic E-state index is -1.08. The molecule has 1 aromatic rings. The van der Waals surface area contributed by atoms with Gasteiger partial charge in [0, 0.05) is 11.0 Å². The minimum Gasteiger partial charge on any atom is -0.505 e. The van der Waals surface area contributed by atoms with Crippen LogP contribution in [0.3, 0.4) is 0 Å². The Morgan fingerprint density at radius 2 is 1.88 bits per heavy atom. The van der Waals surface area contributed by atoms with Gasteiger partial charge < -0.3 is 10.2 Å². The molecule has 16 heavy (non-hydrogen) atoms. The van der Waals surface area contributed by atoms with Gasteiger partial charge in [-0.1, -0.05) is 0 Å². The van der Waals surface area contributed by atoms with Gasteiger partial charge in [-0.15, -0.1) is 0 Å². The molecule has 86 valence electrons. The molecule has 0 aromatic heterocycles. The zero-order valence-corrected chi connectivity index (χ0v) is 8.33. The summed E-state index contributed by atoms with van der Waals surface area (Å²) >= 11 is 0. The monoisotopic (exact) mass is 228 g/mol. The number of aliphatic carboxylic acids is 1. The average molecular weight is 228 g/mol. The topological polar surface area (TPSA) is 57.5 Å². The molecule has 0 heterocycles. The normalized spacial score (nSPS) is 17.1. The van der Waals surface area contributed by atoms with Crippen molar-refractivity contribution in [3.63, 3.8) is 0 Å². The summed E-state index contributed by atoms with van der Waals surface area (Å²) in [6.45, 7) is 0. The van der Waals surface area contributed by atoms with Gasteiger partial charge in [-0.3, -0.25) is 4.79 Å². The van der Waals surface area contributed by atoms with E-state index in [0.29, 0.717) is 12.8 Å². The van der Waals surface area contributed by atoms with Gasteiger partial charge in [0.15, 0.2) is 11.6 Å². The van der Waals surface area contributed by atoms with Crippen LogP contribution in [0, 0.1) is 11.6 Å². The van der Waals surface area contributed by atoms with E-state index in [-0.39, 0.29) is 12.0 Å². The summed E-state index contributed by atoms with van der Waals surface area (Å²) < 4.78 is 26.6. The van der Waals surface area contributed by atoms with Crippen LogP contribution in [0.25, 0.3) is 0 Å². The van der Waals surface area contributed by atoms with Crippen molar-refractivity contribution in [3.05, 3.63) is 29.3 Å². The molecule has 0 aliphatic heterocycles. The maximum absolute atomic E-state index is 13.5. The van der Waals surface area contributed by atoms with Crippen molar-refractivity contribution >= 4 is 5.97 Å². The maximum Gasteiger partial charge on any atom is 0.304 e. The molecule has 1 aromatic carbocycles. The van der Waals surface area contributed by atoms with E-state index in [9.17, 15) is 18.7 Å². The van der Waals surface area contributed by atoms with Crippen LogP contribution >= 0.6 is 0 Å². The van der Waals surface area contributed by atoms with Crippen molar-refractivity contribution in [2.24, 2.45) is 0 Å². The summed E-state index contributed by atoms with van der Waals surface area (Å²) in [7, 11) is 0. The molecule has 3 nitrogen and oxygen atoms in total. The molecule has 5 heteroatoms. The molecule has 1 aliphatic carbocycles. The lowest BCUT2D eigenvalue weighted by Gasteiger charge is -2.15. The second-order valence-corrected chi connectivity index (χ2v) is 4.10. The van der Waals surface area contributed by atoms with Gasteiger partial charge in [0.05, 0.1) is 6.42 Å². The highest BCUT2D eigenvalue weighted by molar-refractivity contribution is 5.70. The summed E-state index contributed by atoms with van der Waals surface area (Å²) in [4.78, 5) is 10.6. The number of phenols is 1. The largest absolute Gasteiger partial charge is 0.505 e. The molecule has 2 N–H and O–H groups in total. The summed E-state index contributed by atoms with van der Waals surface area (Å²) in [5.74, 6) is -3.52. The molecule has 0 saturated heterocycles. The van der Waals surface area contributed by atoms with Crippen molar-refractivity contribution in [2.75, 3.05) is 0 Å². The Hall–Kier alpha value is -1.65. The lowest BCUT2D eigenvalue weighted by atomic mass is 9.91. The third-order valence-electron chi connectivity index (χ3n) is 2.95. The third kappa shape index (κ3) is 1.62. The number of carboxylic acids is 1. The van der Waals surface area contributed by atoms with Gasteiger partial charge in [0.25, 0.3) is 0 Å². The quantitative estimate of drug-likeness (QED) is 0.833. The highest BCUT2D eigenvalue weighted by Crippen LogP contribution is 2.54. The number of hydrogen-bond acceptors (Lipinski definition) is 2. The lowest BCUT2D eigenvalue weighted by molar-refractivity contribution is -0.137. The number of carboxylic acid groups (broad SMARTS) is 1. The van der Waals surface area contributed by atoms with Gasteiger partial charge in [0.1, 0.15) is 5.82 Å². The fraction of sp³-hybridized carbons (Fsp3) is 0.364. The minimum absolute atomic E-state index is 0.199. The van der Waals surface area contributed by atoms with E-state index in [0.717, 1.165) is 12.1 Å². The molecule has 0 radical (unpaired) electrons. The van der Waals surface area contributed by atoms with Crippen LogP contribution in [-0.4, -0.2) is 16.2 Å². The number of halogens is 2. The first-order chi connectivity index (χ1) is 7.46. The SMILES string of the molecule is O=C(O)CC1(c2c(F)ccc(F)c2O)CC1. The third-order valence-corrected chi connectivity index (χ3v) is 2.95. The van der Waals surface area contributed by atoms with Crippen molar-refractivity contribution in [1.82, 2.24) is 0 Å². The van der Waals surface area contributed by atoms with Crippen molar-refractivity contribution in [2.45, 2.75) is 24.7 Å². The summed E-state index contributed by atoms with van der Waals surface area (Å²) in [6.07, 6.45) is 0.612. The molecule has 0 spiro atoms. The first-order valence-electron chi connectivity index (χ1n) is 4.85. The number of hydrogen-bond donors (Lipinski definition) is 2. The number of benzene rings is 1. The van der Waals surface area contributed by atoms with Crippen LogP contribution in [0.5, 0.6) is 5.75 Å². The van der Waals surface area contributed by atoms with Crippen LogP contribution in [0.1, 0.15) is 24.8 Å². The predicted octanol–water partition coefficient (Wildman–Crippen LogP) is 2.18. The first kappa shape index (κ1) is 10.9. The van der Waals surface area contributed by atoms with Crippen molar-refractivity contribution < 1.29 is 23.8 Å². The van der Waals surface area contributed by atoms with Crippen LogP contribution in [0.2, 0.25) is 0 Å². The Bertz CT molecular complexity index is 453. The molecule has 1 aliphatic rings. The Balaban J connectivity index is 2.48. The van der Waals surface area contributed by atoms with E-state index in [1.165, 1.54) is 0 Å². The van der Waals surface area contributed by atoms with Crippen LogP contribution in [0.4, 0.5) is 8.78 Å². The number of rotatable bonds is 3. The first-order valence-corrected chi connectivity index (χ1v) is 4.85. The van der Waals surface area contributed by atoms with Gasteiger partial charge >= 0.3 is 5.97 Å². The zero-order valence-electron chi connectivity index (χ0n) is 8.33. The molecular formula is C11H10F2O3. The number of aromatic hydroxyl groups is 1. The average Bonchev–Trinajstić information content (AvgIpc) is 2.92. The van der Waals surface area contributed by atoms with Gasteiger partial charge in [-0.2, -0.15) is 0 Å². The molecule has 0 bridgehead atoms. The predicted molar refractivity (Wildman–Crippen MR) is 51.2 cm³/mol. The standard InChI is InChI=1S/C11H10F2O3/c12-6-1-2-7(13)10(16)9(6)11(3-4-11)5-8(14)15/h1-2,16H,3-5H2,(H,14,15). The summed E-state index contributed by atoms with van der Waals surface area (Å²) in [6, 6.07) is 1.73. The lowest BCUT2D eigenvalue weighted by Crippen LogP contribution is -2.15. The fourth-order valence-electron chi connectivity index (χ4n) is 2.00. The molecule has 0 unspecified atom stereocenters. The fourth-order valence-corrected chi connectivity index (χ4v) is 2.00. The molecule has 1 fully saturated rings. The number of phenolic OH excluding ortho intramolecular Hbond substituents is 1. The van der Waals surface area contributed by atoms with Crippen molar-refractivity contribution in [3.8, 4) is 5.75 Å². The van der Waals surface area contributed by atoms with Gasteiger partial charge in [-0.05, 0) is 25.0 Å². The van der Waals surface area contributed by atoms with Crippen LogP contribution in [0.15, 0.2) is 12.1 Å². The molecular weight excluding hydrogens is 218 g/mol. The molecule has 1 saturated carbocycles. The second-order valence-electron chi connectivity index (χ2n) is 4.10. The van der Waals surface area contributed by atoms with Crippen molar-refractivity contribution in [1.29, 1.82) is 0 Å². The second kappa shape index (κ2) is 3.43. The summed E-state index contributed by atoms with van der Waals surface area (Å²) in [5, 5.41) is 18.2. The van der Waals surface area contributed by atoms with E-state index in [2.05, 4.69) is 0 Å². The molecule has 0 amide bonds. The highest BCUT2D eigenvalue weighted by Gasteiger charge is 2.49. The van der Waals surface area contributed by atoms with Gasteiger partial charge in [0.2, 0.25) is 0 Å². The Labute approximate surface area is 90.3 Å². The van der Waals surface area contributed by atoms with E-state index in [4.69, 9.17) is 5.11 Å². The van der Waals surface area contributed by atoms with E-state index < -0.39 is 28.8 Å². The summed E-state index contributed by atoms with van der Waals surface area (Å²) in [5.41, 5.74) is -1.13. The van der Waals surface area contributed by atoms with E-state index in [1.54, 1.807) is 0 Å². The Morgan fingerprint density at radius 3 is 2.38 bits per heavy atom. The van der Waals surface area contributed by atoms with Crippen LogP contribution < -0.4 is 0 Å². The van der Waals surface area contributed by atoms with Crippen LogP contribution in [-0.2, 0) is 10.2 Å². The Kier molecular flexibility index (Phi) is 2.33.